The molecule has 41 heavy (non-hydrogen) atoms. The molecule has 8 rings (SSSR count). The van der Waals surface area contributed by atoms with Gasteiger partial charge < -0.3 is 9.47 Å². The van der Waals surface area contributed by atoms with Gasteiger partial charge in [0.15, 0.2) is 6.23 Å². The zero-order chi connectivity index (χ0) is 28.0. The van der Waals surface area contributed by atoms with Crippen molar-refractivity contribution in [3.63, 3.8) is 0 Å². The maximum Gasteiger partial charge on any atom is 0.262 e. The van der Waals surface area contributed by atoms with E-state index in [0.29, 0.717) is 23.2 Å². The van der Waals surface area contributed by atoms with E-state index < -0.39 is 0 Å². The van der Waals surface area contributed by atoms with Gasteiger partial charge in [-0.3, -0.25) is 14.7 Å². The number of pyridine rings is 1. The van der Waals surface area contributed by atoms with E-state index in [-0.39, 0.29) is 24.2 Å². The number of halogens is 4. The summed E-state index contributed by atoms with van der Waals surface area (Å²) >= 11 is 14.6. The minimum absolute atomic E-state index is 0.0935. The van der Waals surface area contributed by atoms with Crippen molar-refractivity contribution in [2.45, 2.75) is 31.3 Å². The van der Waals surface area contributed by atoms with Crippen molar-refractivity contribution in [2.24, 2.45) is 0 Å². The highest BCUT2D eigenvalue weighted by atomic mass is 79.9. The zero-order valence-corrected chi connectivity index (χ0v) is 27.7. The van der Waals surface area contributed by atoms with Gasteiger partial charge in [0.2, 0.25) is 0 Å². The smallest absolute Gasteiger partial charge is 0.262 e. The van der Waals surface area contributed by atoms with E-state index in [4.69, 9.17) is 14.5 Å². The van der Waals surface area contributed by atoms with Gasteiger partial charge in [0.1, 0.15) is 6.10 Å². The molecule has 3 atom stereocenters. The molecule has 0 aliphatic carbocycles. The minimum Gasteiger partial charge on any atom is -0.376 e. The number of ether oxygens (including phenoxy) is 2. The number of para-hydroxylation sites is 1. The second kappa shape index (κ2) is 9.96. The summed E-state index contributed by atoms with van der Waals surface area (Å²) in [5.74, 6) is -0.0335. The summed E-state index contributed by atoms with van der Waals surface area (Å²) in [6.45, 7) is 1.17. The van der Waals surface area contributed by atoms with Crippen molar-refractivity contribution in [3.8, 4) is 0 Å². The summed E-state index contributed by atoms with van der Waals surface area (Å²) in [6.07, 6.45) is 0.232. The van der Waals surface area contributed by atoms with Gasteiger partial charge in [0.05, 0.1) is 30.0 Å². The average molecular weight is 800 g/mol. The number of hydrogen-bond acceptors (Lipinski definition) is 4. The first-order valence-corrected chi connectivity index (χ1v) is 16.4. The third-order valence-corrected chi connectivity index (χ3v) is 13.1. The first-order chi connectivity index (χ1) is 19.9. The summed E-state index contributed by atoms with van der Waals surface area (Å²) < 4.78 is 15.4. The van der Waals surface area contributed by atoms with Gasteiger partial charge in [-0.1, -0.05) is 48.5 Å². The first kappa shape index (κ1) is 26.5. The largest absolute Gasteiger partial charge is 0.376 e. The Hall–Kier alpha value is -2.14. The Morgan fingerprint density at radius 2 is 1.54 bits per heavy atom. The lowest BCUT2D eigenvalue weighted by Gasteiger charge is -2.28. The van der Waals surface area contributed by atoms with Gasteiger partial charge in [0.25, 0.3) is 5.91 Å². The number of fused-ring (bicyclic) bond motifs is 6. The molecule has 3 aliphatic rings. The number of amides is 1. The molecule has 0 bridgehead atoms. The molecule has 0 N–H and O–H groups in total. The van der Waals surface area contributed by atoms with Crippen LogP contribution in [0.1, 0.15) is 44.8 Å². The van der Waals surface area contributed by atoms with Crippen molar-refractivity contribution in [3.05, 3.63) is 113 Å². The van der Waals surface area contributed by atoms with E-state index in [1.807, 2.05) is 18.2 Å². The summed E-state index contributed by atoms with van der Waals surface area (Å²) in [5, 5.41) is 3.44. The van der Waals surface area contributed by atoms with Crippen LogP contribution in [0.2, 0.25) is 0 Å². The van der Waals surface area contributed by atoms with E-state index in [2.05, 4.69) is 112 Å². The molecule has 5 nitrogen and oxygen atoms in total. The summed E-state index contributed by atoms with van der Waals surface area (Å²) in [5.41, 5.74) is 6.46. The molecule has 3 aliphatic heterocycles. The molecule has 1 saturated heterocycles. The molecular formula is C32H20Br4N2O3. The number of rotatable bonds is 2. The van der Waals surface area contributed by atoms with E-state index in [0.717, 1.165) is 47.7 Å². The number of aromatic nitrogens is 1. The van der Waals surface area contributed by atoms with Gasteiger partial charge in [-0.05, 0) is 110 Å². The Morgan fingerprint density at radius 3 is 2.34 bits per heavy atom. The molecule has 4 aromatic carbocycles. The monoisotopic (exact) mass is 796 g/mol. The topological polar surface area (TPSA) is 55.0 Å². The normalized spacial score (nSPS) is 21.4. The summed E-state index contributed by atoms with van der Waals surface area (Å²) in [6, 6.07) is 23.2. The molecular weight excluding hydrogens is 780 g/mol. The molecule has 5 aromatic rings. The molecule has 9 heteroatoms. The standard InChI is InChI=1S/C32H20Br4N2O3/c33-25-23-24(26(34)28(36)27(25)35)31(39)38(32-30(23)41-32)22-7-3-6-15-8-9-21(37-29(15)22)20-12-18-10-16-4-1-2-5-17(16)11-19(18)13-40-14-20/h1-11,20,30,32H,12-14H2. The molecule has 1 fully saturated rings. The van der Waals surface area contributed by atoms with Crippen molar-refractivity contribution in [2.75, 3.05) is 11.5 Å². The van der Waals surface area contributed by atoms with Gasteiger partial charge in [-0.25, -0.2) is 0 Å². The van der Waals surface area contributed by atoms with Gasteiger partial charge >= 0.3 is 0 Å². The SMILES string of the molecule is O=C1c2c(Br)c(Br)c(Br)c(Br)c2C2OC2N1c1cccc2ccc(C3COCc4cc5ccccc5cc4C3)nc12. The lowest BCUT2D eigenvalue weighted by atomic mass is 9.92. The predicted molar refractivity (Wildman–Crippen MR) is 173 cm³/mol. The zero-order valence-electron chi connectivity index (χ0n) is 21.3. The van der Waals surface area contributed by atoms with Crippen molar-refractivity contribution in [1.82, 2.24) is 4.98 Å². The van der Waals surface area contributed by atoms with Gasteiger partial charge in [0, 0.05) is 40.5 Å². The third-order valence-electron chi connectivity index (χ3n) is 8.25. The number of carbonyl (C=O) groups excluding carboxylic acids is 1. The third kappa shape index (κ3) is 4.18. The quantitative estimate of drug-likeness (QED) is 0.102. The number of benzene rings is 4. The van der Waals surface area contributed by atoms with Crippen LogP contribution >= 0.6 is 63.7 Å². The van der Waals surface area contributed by atoms with Crippen molar-refractivity contribution in [1.29, 1.82) is 0 Å². The van der Waals surface area contributed by atoms with Crippen LogP contribution in [0.15, 0.2) is 84.6 Å². The van der Waals surface area contributed by atoms with E-state index in [9.17, 15) is 4.79 Å². The van der Waals surface area contributed by atoms with Crippen LogP contribution in [0.5, 0.6) is 0 Å². The highest BCUT2D eigenvalue weighted by molar-refractivity contribution is 9.15. The summed E-state index contributed by atoms with van der Waals surface area (Å²) in [4.78, 5) is 21.1. The molecule has 1 amide bonds. The number of hydrogen-bond donors (Lipinski definition) is 0. The van der Waals surface area contributed by atoms with Gasteiger partial charge in [-0.15, -0.1) is 0 Å². The van der Waals surface area contributed by atoms with Gasteiger partial charge in [-0.2, -0.15) is 0 Å². The van der Waals surface area contributed by atoms with E-state index >= 15 is 0 Å². The fourth-order valence-corrected chi connectivity index (χ4v) is 8.72. The number of carbonyl (C=O) groups is 1. The molecule has 3 unspecified atom stereocenters. The van der Waals surface area contributed by atoms with Crippen LogP contribution < -0.4 is 4.90 Å². The lowest BCUT2D eigenvalue weighted by Crippen LogP contribution is -2.38. The maximum absolute atomic E-state index is 14.1. The highest BCUT2D eigenvalue weighted by Crippen LogP contribution is 2.56. The van der Waals surface area contributed by atoms with Crippen molar-refractivity contribution >= 4 is 97.0 Å². The Kier molecular flexibility index (Phi) is 6.43. The fourth-order valence-electron chi connectivity index (χ4n) is 6.17. The Balaban J connectivity index is 1.21. The molecule has 0 spiro atoms. The number of anilines is 1. The highest BCUT2D eigenvalue weighted by Gasteiger charge is 2.55. The fraction of sp³-hybridized carbons (Fsp3) is 0.188. The van der Waals surface area contributed by atoms with E-state index in [1.54, 1.807) is 4.90 Å². The second-order valence-electron chi connectivity index (χ2n) is 10.6. The Bertz CT molecular complexity index is 1940. The van der Waals surface area contributed by atoms with E-state index in [1.165, 1.54) is 21.9 Å². The maximum atomic E-state index is 14.1. The minimum atomic E-state index is -0.385. The molecule has 204 valence electrons. The van der Waals surface area contributed by atoms with Crippen LogP contribution in [0.3, 0.4) is 0 Å². The summed E-state index contributed by atoms with van der Waals surface area (Å²) in [7, 11) is 0. The van der Waals surface area contributed by atoms with Crippen LogP contribution in [-0.4, -0.2) is 23.7 Å². The molecule has 0 saturated carbocycles. The van der Waals surface area contributed by atoms with Crippen molar-refractivity contribution < 1.29 is 14.3 Å². The number of epoxide rings is 1. The first-order valence-electron chi connectivity index (χ1n) is 13.2. The van der Waals surface area contributed by atoms with Crippen LogP contribution in [0.25, 0.3) is 21.7 Å². The predicted octanol–water partition coefficient (Wildman–Crippen LogP) is 9.35. The Labute approximate surface area is 269 Å². The average Bonchev–Trinajstić information content (AvgIpc) is 3.80. The van der Waals surface area contributed by atoms with Crippen LogP contribution in [0, 0.1) is 0 Å². The molecule has 1 aromatic heterocycles. The van der Waals surface area contributed by atoms with Crippen LogP contribution in [0.4, 0.5) is 5.69 Å². The second-order valence-corrected chi connectivity index (χ2v) is 13.8. The Morgan fingerprint density at radius 1 is 0.805 bits per heavy atom. The molecule has 0 radical (unpaired) electrons. The molecule has 4 heterocycles. The lowest BCUT2D eigenvalue weighted by molar-refractivity contribution is 0.0973. The van der Waals surface area contributed by atoms with Crippen LogP contribution in [-0.2, 0) is 22.5 Å². The number of nitrogens with zero attached hydrogens (tertiary/aromatic N) is 2.